The van der Waals surface area contributed by atoms with Gasteiger partial charge in [-0.1, -0.05) is 52.0 Å². The highest BCUT2D eigenvalue weighted by molar-refractivity contribution is 6.04. The Morgan fingerprint density at radius 1 is 1.04 bits per heavy atom. The average Bonchev–Trinajstić information content (AvgIpc) is 2.70. The summed E-state index contributed by atoms with van der Waals surface area (Å²) in [6.45, 7) is 12.6. The molecule has 1 N–H and O–H groups in total. The number of fused-ring (bicyclic) bond motifs is 1. The summed E-state index contributed by atoms with van der Waals surface area (Å²) in [4.78, 5) is 14.4. The number of aryl methyl sites for hydroxylation is 1. The van der Waals surface area contributed by atoms with Crippen molar-refractivity contribution < 1.29 is 9.53 Å². The van der Waals surface area contributed by atoms with Crippen LogP contribution in [0.1, 0.15) is 45.7 Å². The fourth-order valence-corrected chi connectivity index (χ4v) is 2.78. The Morgan fingerprint density at radius 2 is 1.65 bits per heavy atom. The molecule has 4 heteroatoms. The molecule has 0 radical (unpaired) electrons. The molecule has 26 heavy (non-hydrogen) atoms. The molecule has 0 aliphatic carbocycles. The molecule has 2 aromatic rings. The molecule has 1 amide bonds. The van der Waals surface area contributed by atoms with Gasteiger partial charge in [0.05, 0.1) is 18.5 Å². The van der Waals surface area contributed by atoms with Crippen molar-refractivity contribution in [3.8, 4) is 5.75 Å². The normalized spacial score (nSPS) is 14.8. The van der Waals surface area contributed by atoms with Crippen molar-refractivity contribution in [3.05, 3.63) is 53.6 Å². The van der Waals surface area contributed by atoms with Gasteiger partial charge in [0.25, 0.3) is 0 Å². The van der Waals surface area contributed by atoms with Gasteiger partial charge in [-0.05, 0) is 43.2 Å². The average molecular weight is 357 g/mol. The zero-order valence-corrected chi connectivity index (χ0v) is 17.1. The number of hydrogen-bond donors (Lipinski definition) is 1. The maximum absolute atomic E-state index is 12.2. The third kappa shape index (κ3) is 4.78. The smallest absolute Gasteiger partial charge is 0.246 e. The van der Waals surface area contributed by atoms with E-state index in [0.717, 1.165) is 28.3 Å². The van der Waals surface area contributed by atoms with Gasteiger partial charge in [0.15, 0.2) is 0 Å². The highest BCUT2D eigenvalue weighted by atomic mass is 16.5. The van der Waals surface area contributed by atoms with Crippen molar-refractivity contribution in [2.45, 2.75) is 54.1 Å². The lowest BCUT2D eigenvalue weighted by molar-refractivity contribution is -0.117. The Bertz CT molecular complexity index is 696. The molecule has 1 atom stereocenters. The van der Waals surface area contributed by atoms with Crippen LogP contribution in [0, 0.1) is 6.92 Å². The molecule has 142 valence electrons. The zero-order chi connectivity index (χ0) is 19.7. The van der Waals surface area contributed by atoms with E-state index in [4.69, 9.17) is 4.74 Å². The molecular weight excluding hydrogens is 324 g/mol. The van der Waals surface area contributed by atoms with Crippen LogP contribution in [0.4, 0.5) is 11.4 Å². The van der Waals surface area contributed by atoms with Crippen molar-refractivity contribution in [3.63, 3.8) is 0 Å². The van der Waals surface area contributed by atoms with Crippen LogP contribution < -0.4 is 15.0 Å². The maximum Gasteiger partial charge on any atom is 0.246 e. The maximum atomic E-state index is 12.2. The second kappa shape index (κ2) is 10.5. The standard InChI is InChI=1S/C18H20N2O2.2C2H6/c1-12-5-4-6-16-17(12)19-18(21)13(2)20(16)11-14-7-9-15(22-3)10-8-14;2*1-2/h4-10,13H,11H2,1-3H3,(H,19,21);2*1-2H3. The molecule has 0 fully saturated rings. The number of methoxy groups -OCH3 is 1. The molecule has 4 nitrogen and oxygen atoms in total. The molecule has 0 spiro atoms. The second-order valence-electron chi connectivity index (χ2n) is 5.61. The molecule has 1 unspecified atom stereocenters. The molecule has 1 aliphatic rings. The monoisotopic (exact) mass is 356 g/mol. The number of rotatable bonds is 3. The summed E-state index contributed by atoms with van der Waals surface area (Å²) < 4.78 is 5.19. The van der Waals surface area contributed by atoms with Gasteiger partial charge < -0.3 is 15.0 Å². The molecule has 1 heterocycles. The van der Waals surface area contributed by atoms with Crippen LogP contribution in [0.25, 0.3) is 0 Å². The summed E-state index contributed by atoms with van der Waals surface area (Å²) in [6, 6.07) is 13.9. The number of para-hydroxylation sites is 1. The molecular formula is C22H32N2O2. The van der Waals surface area contributed by atoms with Gasteiger partial charge in [-0.25, -0.2) is 0 Å². The molecule has 2 aromatic carbocycles. The first-order valence-electron chi connectivity index (χ1n) is 9.40. The zero-order valence-electron chi connectivity index (χ0n) is 17.1. The van der Waals surface area contributed by atoms with Crippen LogP contribution in [0.15, 0.2) is 42.5 Å². The minimum absolute atomic E-state index is 0.0373. The third-order valence-electron chi connectivity index (χ3n) is 4.17. The minimum Gasteiger partial charge on any atom is -0.497 e. The Kier molecular flexibility index (Phi) is 8.70. The van der Waals surface area contributed by atoms with Gasteiger partial charge >= 0.3 is 0 Å². The lowest BCUT2D eigenvalue weighted by Gasteiger charge is -2.37. The summed E-state index contributed by atoms with van der Waals surface area (Å²) in [7, 11) is 1.66. The van der Waals surface area contributed by atoms with E-state index in [-0.39, 0.29) is 11.9 Å². The lowest BCUT2D eigenvalue weighted by Crippen LogP contribution is -2.46. The number of benzene rings is 2. The fourth-order valence-electron chi connectivity index (χ4n) is 2.78. The van der Waals surface area contributed by atoms with Gasteiger partial charge in [0, 0.05) is 6.54 Å². The van der Waals surface area contributed by atoms with Crippen LogP contribution in [0.2, 0.25) is 0 Å². The van der Waals surface area contributed by atoms with Gasteiger partial charge in [-0.15, -0.1) is 0 Å². The first kappa shape index (κ1) is 21.6. The number of anilines is 2. The Morgan fingerprint density at radius 3 is 2.23 bits per heavy atom. The van der Waals surface area contributed by atoms with Gasteiger partial charge in [0.2, 0.25) is 5.91 Å². The Hall–Kier alpha value is -2.49. The SMILES string of the molecule is CC.CC.COc1ccc(CN2c3cccc(C)c3NC(=O)C2C)cc1. The van der Waals surface area contributed by atoms with Crippen LogP contribution in [0.3, 0.4) is 0 Å². The van der Waals surface area contributed by atoms with Crippen LogP contribution in [-0.4, -0.2) is 19.1 Å². The van der Waals surface area contributed by atoms with Crippen molar-refractivity contribution in [2.75, 3.05) is 17.3 Å². The third-order valence-corrected chi connectivity index (χ3v) is 4.17. The van der Waals surface area contributed by atoms with E-state index < -0.39 is 0 Å². The number of nitrogens with one attached hydrogen (secondary N) is 1. The summed E-state index contributed by atoms with van der Waals surface area (Å²) in [5.41, 5.74) is 4.22. The molecule has 0 bridgehead atoms. The lowest BCUT2D eigenvalue weighted by atomic mass is 10.0. The molecule has 1 aliphatic heterocycles. The molecule has 0 aromatic heterocycles. The summed E-state index contributed by atoms with van der Waals surface area (Å²) in [6.07, 6.45) is 0. The molecule has 3 rings (SSSR count). The Balaban J connectivity index is 0.000000791. The van der Waals surface area contributed by atoms with E-state index in [0.29, 0.717) is 6.54 Å². The fraction of sp³-hybridized carbons (Fsp3) is 0.409. The predicted molar refractivity (Wildman–Crippen MR) is 111 cm³/mol. The quantitative estimate of drug-likeness (QED) is 0.800. The minimum atomic E-state index is -0.198. The Labute approximate surface area is 158 Å². The topological polar surface area (TPSA) is 41.6 Å². The van der Waals surface area contributed by atoms with Crippen molar-refractivity contribution >= 4 is 17.3 Å². The van der Waals surface area contributed by atoms with Crippen LogP contribution in [0.5, 0.6) is 5.75 Å². The van der Waals surface area contributed by atoms with Gasteiger partial charge in [-0.3, -0.25) is 4.79 Å². The number of carbonyl (C=O) groups excluding carboxylic acids is 1. The van der Waals surface area contributed by atoms with Crippen molar-refractivity contribution in [2.24, 2.45) is 0 Å². The van der Waals surface area contributed by atoms with E-state index in [1.54, 1.807) is 7.11 Å². The van der Waals surface area contributed by atoms with Crippen LogP contribution >= 0.6 is 0 Å². The summed E-state index contributed by atoms with van der Waals surface area (Å²) >= 11 is 0. The number of ether oxygens (including phenoxy) is 1. The van der Waals surface area contributed by atoms with E-state index in [1.807, 2.05) is 77.9 Å². The van der Waals surface area contributed by atoms with Crippen molar-refractivity contribution in [1.82, 2.24) is 0 Å². The first-order chi connectivity index (χ1) is 12.6. The number of carbonyl (C=O) groups is 1. The van der Waals surface area contributed by atoms with E-state index in [9.17, 15) is 4.79 Å². The second-order valence-corrected chi connectivity index (χ2v) is 5.61. The summed E-state index contributed by atoms with van der Waals surface area (Å²) in [5, 5.41) is 3.01. The van der Waals surface area contributed by atoms with Gasteiger partial charge in [-0.2, -0.15) is 0 Å². The summed E-state index contributed by atoms with van der Waals surface area (Å²) in [5.74, 6) is 0.875. The van der Waals surface area contributed by atoms with E-state index in [2.05, 4.69) is 16.3 Å². The number of amides is 1. The van der Waals surface area contributed by atoms with Crippen molar-refractivity contribution in [1.29, 1.82) is 0 Å². The highest BCUT2D eigenvalue weighted by Crippen LogP contribution is 2.35. The number of nitrogens with zero attached hydrogens (tertiary/aromatic N) is 1. The largest absolute Gasteiger partial charge is 0.497 e. The van der Waals surface area contributed by atoms with E-state index >= 15 is 0 Å². The predicted octanol–water partition coefficient (Wildman–Crippen LogP) is 5.40. The number of hydrogen-bond acceptors (Lipinski definition) is 3. The van der Waals surface area contributed by atoms with Gasteiger partial charge in [0.1, 0.15) is 11.8 Å². The van der Waals surface area contributed by atoms with Crippen LogP contribution in [-0.2, 0) is 11.3 Å². The molecule has 0 saturated carbocycles. The van der Waals surface area contributed by atoms with E-state index in [1.165, 1.54) is 0 Å². The first-order valence-corrected chi connectivity index (χ1v) is 9.40. The molecule has 0 saturated heterocycles. The highest BCUT2D eigenvalue weighted by Gasteiger charge is 2.30.